The molecule has 4 aromatic rings. The van der Waals surface area contributed by atoms with Crippen molar-refractivity contribution in [1.82, 2.24) is 4.98 Å². The first kappa shape index (κ1) is 21.0. The molecule has 1 saturated heterocycles. The van der Waals surface area contributed by atoms with Gasteiger partial charge in [-0.25, -0.2) is 0 Å². The lowest BCUT2D eigenvalue weighted by Crippen LogP contribution is -2.29. The predicted octanol–water partition coefficient (Wildman–Crippen LogP) is 5.57. The Morgan fingerprint density at radius 2 is 1.76 bits per heavy atom. The standard InChI is InChI=1S/C26H19BrN2O4/c1-14-12-15(10-11-18(14)27)24(31)22-23(17-13-28-19-7-3-2-6-16(17)19)29(26(33)25(22)32)20-8-4-5-9-21(20)30/h2-13,23,28,30-31H,1H3/b24-22+. The number of aromatic hydroxyl groups is 1. The highest BCUT2D eigenvalue weighted by Gasteiger charge is 2.48. The van der Waals surface area contributed by atoms with Crippen molar-refractivity contribution in [3.8, 4) is 5.75 Å². The van der Waals surface area contributed by atoms with Gasteiger partial charge in [-0.3, -0.25) is 14.5 Å². The number of Topliss-reactive ketones (excluding diaryl/α,β-unsaturated/α-hetero) is 1. The summed E-state index contributed by atoms with van der Waals surface area (Å²) in [6.07, 6.45) is 1.73. The van der Waals surface area contributed by atoms with Crippen molar-refractivity contribution in [1.29, 1.82) is 0 Å². The average Bonchev–Trinajstić information content (AvgIpc) is 3.34. The van der Waals surface area contributed by atoms with E-state index < -0.39 is 17.7 Å². The number of fused-ring (bicyclic) bond motifs is 1. The van der Waals surface area contributed by atoms with Gasteiger partial charge in [0.15, 0.2) is 0 Å². The molecule has 5 rings (SSSR count). The fraction of sp³-hybridized carbons (Fsp3) is 0.0769. The average molecular weight is 503 g/mol. The molecule has 1 aliphatic rings. The summed E-state index contributed by atoms with van der Waals surface area (Å²) in [5, 5.41) is 22.6. The Morgan fingerprint density at radius 3 is 2.52 bits per heavy atom. The quantitative estimate of drug-likeness (QED) is 0.194. The van der Waals surface area contributed by atoms with Crippen LogP contribution in [0, 0.1) is 6.92 Å². The number of carbonyl (C=O) groups is 2. The smallest absolute Gasteiger partial charge is 0.300 e. The number of nitrogens with one attached hydrogen (secondary N) is 1. The second kappa shape index (κ2) is 7.94. The van der Waals surface area contributed by atoms with Crippen LogP contribution in [-0.2, 0) is 9.59 Å². The minimum absolute atomic E-state index is 0.0327. The maximum Gasteiger partial charge on any atom is 0.300 e. The molecule has 1 amide bonds. The zero-order valence-electron chi connectivity index (χ0n) is 17.5. The summed E-state index contributed by atoms with van der Waals surface area (Å²) >= 11 is 3.44. The minimum Gasteiger partial charge on any atom is -0.507 e. The number of hydrogen-bond acceptors (Lipinski definition) is 4. The number of phenolic OH excluding ortho intramolecular Hbond substituents is 1. The lowest BCUT2D eigenvalue weighted by atomic mass is 9.94. The summed E-state index contributed by atoms with van der Waals surface area (Å²) in [6.45, 7) is 1.87. The van der Waals surface area contributed by atoms with E-state index in [0.29, 0.717) is 11.1 Å². The molecule has 1 aromatic heterocycles. The van der Waals surface area contributed by atoms with Gasteiger partial charge in [0.2, 0.25) is 0 Å². The predicted molar refractivity (Wildman–Crippen MR) is 130 cm³/mol. The van der Waals surface area contributed by atoms with Crippen LogP contribution >= 0.6 is 15.9 Å². The number of rotatable bonds is 3. The van der Waals surface area contributed by atoms with Gasteiger partial charge < -0.3 is 15.2 Å². The van der Waals surface area contributed by atoms with Crippen molar-refractivity contribution >= 4 is 50.0 Å². The van der Waals surface area contributed by atoms with E-state index in [1.807, 2.05) is 31.2 Å². The number of amides is 1. The van der Waals surface area contributed by atoms with E-state index in [-0.39, 0.29) is 22.8 Å². The summed E-state index contributed by atoms with van der Waals surface area (Å²) in [7, 11) is 0. The molecular weight excluding hydrogens is 484 g/mol. The van der Waals surface area contributed by atoms with Crippen molar-refractivity contribution in [2.24, 2.45) is 0 Å². The largest absolute Gasteiger partial charge is 0.507 e. The molecule has 0 bridgehead atoms. The molecule has 33 heavy (non-hydrogen) atoms. The van der Waals surface area contributed by atoms with Crippen LogP contribution in [0.2, 0.25) is 0 Å². The minimum atomic E-state index is -0.932. The van der Waals surface area contributed by atoms with Crippen LogP contribution in [0.25, 0.3) is 16.7 Å². The van der Waals surface area contributed by atoms with Gasteiger partial charge in [-0.15, -0.1) is 0 Å². The van der Waals surface area contributed by atoms with E-state index in [1.54, 1.807) is 42.6 Å². The number of para-hydroxylation sites is 3. The maximum atomic E-state index is 13.3. The third kappa shape index (κ3) is 3.32. The molecule has 7 heteroatoms. The summed E-state index contributed by atoms with van der Waals surface area (Å²) in [5.41, 5.74) is 2.93. The number of benzene rings is 3. The van der Waals surface area contributed by atoms with Crippen molar-refractivity contribution in [3.05, 3.63) is 99.7 Å². The van der Waals surface area contributed by atoms with E-state index in [0.717, 1.165) is 20.9 Å². The van der Waals surface area contributed by atoms with Gasteiger partial charge >= 0.3 is 0 Å². The molecule has 0 spiro atoms. The molecular formula is C26H19BrN2O4. The number of nitrogens with zero attached hydrogens (tertiary/aromatic N) is 1. The summed E-state index contributed by atoms with van der Waals surface area (Å²) in [5.74, 6) is -2.03. The van der Waals surface area contributed by atoms with Crippen molar-refractivity contribution in [2.75, 3.05) is 4.90 Å². The van der Waals surface area contributed by atoms with Gasteiger partial charge in [0.25, 0.3) is 11.7 Å². The topological polar surface area (TPSA) is 93.6 Å². The number of halogens is 1. The number of aromatic amines is 1. The van der Waals surface area contributed by atoms with Crippen LogP contribution in [0.3, 0.4) is 0 Å². The molecule has 1 unspecified atom stereocenters. The van der Waals surface area contributed by atoms with Gasteiger partial charge in [0.1, 0.15) is 11.5 Å². The molecule has 3 N–H and O–H groups in total. The monoisotopic (exact) mass is 502 g/mol. The Labute approximate surface area is 197 Å². The lowest BCUT2D eigenvalue weighted by molar-refractivity contribution is -0.132. The van der Waals surface area contributed by atoms with Crippen LogP contribution in [0.1, 0.15) is 22.7 Å². The number of anilines is 1. The molecule has 1 atom stereocenters. The van der Waals surface area contributed by atoms with Gasteiger partial charge in [0, 0.05) is 32.7 Å². The number of aromatic nitrogens is 1. The van der Waals surface area contributed by atoms with Crippen LogP contribution in [-0.4, -0.2) is 26.9 Å². The molecule has 1 aliphatic heterocycles. The fourth-order valence-electron chi connectivity index (χ4n) is 4.31. The van der Waals surface area contributed by atoms with Crippen molar-refractivity contribution in [3.63, 3.8) is 0 Å². The third-order valence-electron chi connectivity index (χ3n) is 5.93. The van der Waals surface area contributed by atoms with Crippen molar-refractivity contribution < 1.29 is 19.8 Å². The zero-order chi connectivity index (χ0) is 23.3. The molecule has 0 saturated carbocycles. The molecule has 6 nitrogen and oxygen atoms in total. The number of ketones is 1. The van der Waals surface area contributed by atoms with Crippen LogP contribution in [0.5, 0.6) is 5.75 Å². The Bertz CT molecular complexity index is 1470. The number of aliphatic hydroxyl groups is 1. The van der Waals surface area contributed by atoms with E-state index in [2.05, 4.69) is 20.9 Å². The number of aliphatic hydroxyl groups excluding tert-OH is 1. The second-order valence-electron chi connectivity index (χ2n) is 7.91. The number of aryl methyl sites for hydroxylation is 1. The first-order valence-corrected chi connectivity index (χ1v) is 11.1. The maximum absolute atomic E-state index is 13.3. The highest BCUT2D eigenvalue weighted by atomic mass is 79.9. The first-order chi connectivity index (χ1) is 15.9. The van der Waals surface area contributed by atoms with Crippen LogP contribution in [0.4, 0.5) is 5.69 Å². The summed E-state index contributed by atoms with van der Waals surface area (Å²) < 4.78 is 0.863. The van der Waals surface area contributed by atoms with Gasteiger partial charge in [0.05, 0.1) is 17.3 Å². The molecule has 2 heterocycles. The van der Waals surface area contributed by atoms with E-state index in [1.165, 1.54) is 11.0 Å². The molecule has 3 aromatic carbocycles. The van der Waals surface area contributed by atoms with Crippen molar-refractivity contribution in [2.45, 2.75) is 13.0 Å². The molecule has 164 valence electrons. The van der Waals surface area contributed by atoms with E-state index in [9.17, 15) is 19.8 Å². The Hall–Kier alpha value is -3.84. The van der Waals surface area contributed by atoms with Crippen LogP contribution in [0.15, 0.2) is 83.0 Å². The van der Waals surface area contributed by atoms with Gasteiger partial charge in [-0.1, -0.05) is 52.3 Å². The number of carbonyl (C=O) groups excluding carboxylic acids is 2. The van der Waals surface area contributed by atoms with Gasteiger partial charge in [-0.05, 0) is 42.8 Å². The van der Waals surface area contributed by atoms with E-state index >= 15 is 0 Å². The number of H-pyrrole nitrogens is 1. The first-order valence-electron chi connectivity index (χ1n) is 10.3. The second-order valence-corrected chi connectivity index (χ2v) is 8.77. The highest BCUT2D eigenvalue weighted by Crippen LogP contribution is 2.46. The fourth-order valence-corrected chi connectivity index (χ4v) is 4.56. The number of hydrogen-bond donors (Lipinski definition) is 3. The van der Waals surface area contributed by atoms with E-state index in [4.69, 9.17) is 0 Å². The third-order valence-corrected chi connectivity index (χ3v) is 6.82. The summed E-state index contributed by atoms with van der Waals surface area (Å²) in [4.78, 5) is 31.0. The molecule has 1 fully saturated rings. The number of phenols is 1. The molecule has 0 aliphatic carbocycles. The summed E-state index contributed by atoms with van der Waals surface area (Å²) in [6, 6.07) is 18.2. The zero-order valence-corrected chi connectivity index (χ0v) is 19.1. The SMILES string of the molecule is Cc1cc(/C(O)=C2\C(=O)C(=O)N(c3ccccc3O)C2c2c[nH]c3ccccc23)ccc1Br. The Kier molecular flexibility index (Phi) is 5.06. The highest BCUT2D eigenvalue weighted by molar-refractivity contribution is 9.10. The van der Waals surface area contributed by atoms with Gasteiger partial charge in [-0.2, -0.15) is 0 Å². The lowest BCUT2D eigenvalue weighted by Gasteiger charge is -2.25. The Morgan fingerprint density at radius 1 is 1.03 bits per heavy atom. The van der Waals surface area contributed by atoms with Crippen LogP contribution < -0.4 is 4.90 Å². The molecule has 0 radical (unpaired) electrons. The Balaban J connectivity index is 1.80. The normalized spacial score (nSPS) is 17.8.